The smallest absolute Gasteiger partial charge is 0.271 e. The third-order valence-corrected chi connectivity index (χ3v) is 2.54. The van der Waals surface area contributed by atoms with E-state index in [-0.39, 0.29) is 5.56 Å². The van der Waals surface area contributed by atoms with Crippen LogP contribution in [0.5, 0.6) is 0 Å². The van der Waals surface area contributed by atoms with Crippen LogP contribution in [-0.4, -0.2) is 16.9 Å². The summed E-state index contributed by atoms with van der Waals surface area (Å²) in [6.45, 7) is 4.44. The van der Waals surface area contributed by atoms with Gasteiger partial charge in [-0.15, -0.1) is 0 Å². The van der Waals surface area contributed by atoms with E-state index in [9.17, 15) is 4.79 Å². The standard InChI is InChI=1S/C13H16N2O2/c1-9-4-10(2)6-12(5-9)15-13(16)7-11(14-15)8-17-3/h4-7,14H,8H2,1-3H3. The number of benzene rings is 1. The van der Waals surface area contributed by atoms with E-state index in [1.54, 1.807) is 13.2 Å². The van der Waals surface area contributed by atoms with E-state index in [2.05, 4.69) is 11.2 Å². The van der Waals surface area contributed by atoms with Crippen molar-refractivity contribution in [2.45, 2.75) is 20.5 Å². The zero-order valence-corrected chi connectivity index (χ0v) is 10.3. The molecule has 17 heavy (non-hydrogen) atoms. The van der Waals surface area contributed by atoms with Crippen LogP contribution in [0, 0.1) is 13.8 Å². The molecule has 2 aromatic rings. The zero-order chi connectivity index (χ0) is 12.4. The highest BCUT2D eigenvalue weighted by molar-refractivity contribution is 5.38. The van der Waals surface area contributed by atoms with Crippen molar-refractivity contribution in [1.82, 2.24) is 9.78 Å². The summed E-state index contributed by atoms with van der Waals surface area (Å²) in [4.78, 5) is 11.8. The summed E-state index contributed by atoms with van der Waals surface area (Å²) in [6, 6.07) is 7.58. The summed E-state index contributed by atoms with van der Waals surface area (Å²) >= 11 is 0. The first kappa shape index (κ1) is 11.7. The molecule has 0 aliphatic carbocycles. The van der Waals surface area contributed by atoms with Crippen molar-refractivity contribution < 1.29 is 4.74 Å². The number of rotatable bonds is 3. The topological polar surface area (TPSA) is 47.0 Å². The first-order valence-corrected chi connectivity index (χ1v) is 5.48. The number of aromatic amines is 1. The van der Waals surface area contributed by atoms with Crippen molar-refractivity contribution in [3.05, 3.63) is 51.4 Å². The summed E-state index contributed by atoms with van der Waals surface area (Å²) in [5.41, 5.74) is 3.83. The van der Waals surface area contributed by atoms with E-state index in [1.807, 2.05) is 26.0 Å². The van der Waals surface area contributed by atoms with Crippen molar-refractivity contribution in [1.29, 1.82) is 0 Å². The molecule has 0 aliphatic heterocycles. The Hall–Kier alpha value is -1.81. The minimum atomic E-state index is -0.0675. The Morgan fingerprint density at radius 2 is 1.82 bits per heavy atom. The first-order valence-electron chi connectivity index (χ1n) is 5.48. The van der Waals surface area contributed by atoms with Crippen LogP contribution in [0.25, 0.3) is 5.69 Å². The summed E-state index contributed by atoms with van der Waals surface area (Å²) in [5, 5.41) is 3.03. The van der Waals surface area contributed by atoms with Gasteiger partial charge in [0.1, 0.15) is 0 Å². The maximum atomic E-state index is 11.8. The second-order valence-corrected chi connectivity index (χ2v) is 4.23. The fourth-order valence-corrected chi connectivity index (χ4v) is 1.95. The zero-order valence-electron chi connectivity index (χ0n) is 10.3. The number of nitrogens with zero attached hydrogens (tertiary/aromatic N) is 1. The van der Waals surface area contributed by atoms with Crippen molar-refractivity contribution in [2.24, 2.45) is 0 Å². The molecule has 0 saturated carbocycles. The van der Waals surface area contributed by atoms with Gasteiger partial charge in [0.2, 0.25) is 0 Å². The maximum Gasteiger partial charge on any atom is 0.271 e. The van der Waals surface area contributed by atoms with Gasteiger partial charge in [-0.2, -0.15) is 0 Å². The van der Waals surface area contributed by atoms with Crippen molar-refractivity contribution in [3.63, 3.8) is 0 Å². The van der Waals surface area contributed by atoms with E-state index >= 15 is 0 Å². The SMILES string of the molecule is COCc1cc(=O)n(-c2cc(C)cc(C)c2)[nH]1. The molecule has 4 nitrogen and oxygen atoms in total. The molecule has 2 rings (SSSR count). The summed E-state index contributed by atoms with van der Waals surface area (Å²) < 4.78 is 6.53. The molecule has 4 heteroatoms. The van der Waals surface area contributed by atoms with Gasteiger partial charge in [-0.1, -0.05) is 6.07 Å². The van der Waals surface area contributed by atoms with Crippen LogP contribution < -0.4 is 5.56 Å². The minimum Gasteiger partial charge on any atom is -0.378 e. The van der Waals surface area contributed by atoms with E-state index in [4.69, 9.17) is 4.74 Å². The van der Waals surface area contributed by atoms with Crippen LogP contribution in [0.2, 0.25) is 0 Å². The lowest BCUT2D eigenvalue weighted by Crippen LogP contribution is -2.13. The van der Waals surface area contributed by atoms with Crippen molar-refractivity contribution >= 4 is 0 Å². The molecule has 1 aromatic heterocycles. The number of aromatic nitrogens is 2. The van der Waals surface area contributed by atoms with Gasteiger partial charge in [-0.25, -0.2) is 4.68 Å². The second kappa shape index (κ2) is 4.59. The molecule has 0 saturated heterocycles. The monoisotopic (exact) mass is 232 g/mol. The molecule has 0 unspecified atom stereocenters. The Bertz CT molecular complexity index is 561. The summed E-state index contributed by atoms with van der Waals surface area (Å²) in [7, 11) is 1.60. The first-order chi connectivity index (χ1) is 8.10. The molecule has 0 bridgehead atoms. The number of hydrogen-bond donors (Lipinski definition) is 1. The fraction of sp³-hybridized carbons (Fsp3) is 0.308. The molecule has 1 heterocycles. The van der Waals surface area contributed by atoms with Crippen LogP contribution in [0.4, 0.5) is 0 Å². The van der Waals surface area contributed by atoms with E-state index < -0.39 is 0 Å². The molecule has 0 fully saturated rings. The molecular formula is C13H16N2O2. The average molecular weight is 232 g/mol. The van der Waals surface area contributed by atoms with E-state index in [0.717, 1.165) is 22.5 Å². The molecule has 0 aliphatic rings. The lowest BCUT2D eigenvalue weighted by Gasteiger charge is -2.05. The quantitative estimate of drug-likeness (QED) is 0.879. The van der Waals surface area contributed by atoms with Crippen LogP contribution in [-0.2, 0) is 11.3 Å². The van der Waals surface area contributed by atoms with Crippen LogP contribution in [0.3, 0.4) is 0 Å². The molecular weight excluding hydrogens is 216 g/mol. The van der Waals surface area contributed by atoms with Gasteiger partial charge in [0.15, 0.2) is 0 Å². The Kier molecular flexibility index (Phi) is 3.15. The maximum absolute atomic E-state index is 11.8. The van der Waals surface area contributed by atoms with Crippen LogP contribution in [0.1, 0.15) is 16.8 Å². The van der Waals surface area contributed by atoms with Gasteiger partial charge >= 0.3 is 0 Å². The second-order valence-electron chi connectivity index (χ2n) is 4.23. The predicted octanol–water partition coefficient (Wildman–Crippen LogP) is 1.93. The van der Waals surface area contributed by atoms with Gasteiger partial charge in [0.05, 0.1) is 18.0 Å². The molecule has 0 amide bonds. The Morgan fingerprint density at radius 3 is 2.41 bits per heavy atom. The molecule has 0 spiro atoms. The largest absolute Gasteiger partial charge is 0.378 e. The molecule has 90 valence electrons. The number of methoxy groups -OCH3 is 1. The number of aryl methyl sites for hydroxylation is 2. The molecule has 0 radical (unpaired) electrons. The lowest BCUT2D eigenvalue weighted by atomic mass is 10.1. The average Bonchev–Trinajstić information content (AvgIpc) is 2.58. The van der Waals surface area contributed by atoms with Crippen molar-refractivity contribution in [2.75, 3.05) is 7.11 Å². The fourth-order valence-electron chi connectivity index (χ4n) is 1.95. The van der Waals surface area contributed by atoms with Gasteiger partial charge in [0.25, 0.3) is 5.56 Å². The van der Waals surface area contributed by atoms with Gasteiger partial charge in [0, 0.05) is 13.2 Å². The van der Waals surface area contributed by atoms with E-state index in [1.165, 1.54) is 4.68 Å². The number of ether oxygens (including phenoxy) is 1. The third-order valence-electron chi connectivity index (χ3n) is 2.54. The number of H-pyrrole nitrogens is 1. The normalized spacial score (nSPS) is 10.8. The summed E-state index contributed by atoms with van der Waals surface area (Å²) in [6.07, 6.45) is 0. The Morgan fingerprint density at radius 1 is 1.18 bits per heavy atom. The molecule has 1 aromatic carbocycles. The minimum absolute atomic E-state index is 0.0675. The van der Waals surface area contributed by atoms with Crippen LogP contribution >= 0.6 is 0 Å². The van der Waals surface area contributed by atoms with Gasteiger partial charge in [-0.3, -0.25) is 9.89 Å². The number of hydrogen-bond acceptors (Lipinski definition) is 2. The molecule has 0 atom stereocenters. The Labute approximate surface area is 99.8 Å². The number of nitrogens with one attached hydrogen (secondary N) is 1. The highest BCUT2D eigenvalue weighted by Gasteiger charge is 2.05. The van der Waals surface area contributed by atoms with E-state index in [0.29, 0.717) is 6.61 Å². The van der Waals surface area contributed by atoms with Crippen LogP contribution in [0.15, 0.2) is 29.1 Å². The highest BCUT2D eigenvalue weighted by atomic mass is 16.5. The van der Waals surface area contributed by atoms with Gasteiger partial charge < -0.3 is 4.74 Å². The lowest BCUT2D eigenvalue weighted by molar-refractivity contribution is 0.181. The predicted molar refractivity (Wildman–Crippen MR) is 66.6 cm³/mol. The van der Waals surface area contributed by atoms with Crippen molar-refractivity contribution in [3.8, 4) is 5.69 Å². The molecule has 1 N–H and O–H groups in total. The van der Waals surface area contributed by atoms with Gasteiger partial charge in [-0.05, 0) is 37.1 Å². The Balaban J connectivity index is 2.48. The summed E-state index contributed by atoms with van der Waals surface area (Å²) in [5.74, 6) is 0. The highest BCUT2D eigenvalue weighted by Crippen LogP contribution is 2.11. The third kappa shape index (κ3) is 2.47.